The molecule has 4 heteroatoms. The molecular formula is C18H22N2OS. The normalized spacial score (nSPS) is 19.0. The fraction of sp³-hybridized carbons (Fsp3) is 0.389. The van der Waals surface area contributed by atoms with E-state index >= 15 is 0 Å². The van der Waals surface area contributed by atoms with E-state index in [9.17, 15) is 4.79 Å². The maximum absolute atomic E-state index is 12.1. The van der Waals surface area contributed by atoms with Crippen LogP contribution < -0.4 is 5.32 Å². The van der Waals surface area contributed by atoms with Gasteiger partial charge in [0.05, 0.1) is 0 Å². The van der Waals surface area contributed by atoms with Crippen molar-refractivity contribution < 1.29 is 4.79 Å². The molecule has 0 spiro atoms. The molecule has 0 bridgehead atoms. The first kappa shape index (κ1) is 15.3. The molecule has 1 saturated heterocycles. The number of hydrogen-bond donors (Lipinski definition) is 1. The highest BCUT2D eigenvalue weighted by atomic mass is 32.1. The quantitative estimate of drug-likeness (QED) is 0.917. The highest BCUT2D eigenvalue weighted by Crippen LogP contribution is 2.20. The first-order valence-electron chi connectivity index (χ1n) is 7.89. The number of nitrogens with one attached hydrogen (secondary N) is 1. The SMILES string of the molecule is O=C(NC[C@@H]1CCCN(Cc2cccs2)C1)c1ccccc1. The molecule has 22 heavy (non-hydrogen) atoms. The van der Waals surface area contributed by atoms with Crippen molar-refractivity contribution >= 4 is 17.2 Å². The van der Waals surface area contributed by atoms with E-state index in [0.29, 0.717) is 5.92 Å². The summed E-state index contributed by atoms with van der Waals surface area (Å²) in [7, 11) is 0. The lowest BCUT2D eigenvalue weighted by atomic mass is 9.98. The molecule has 0 unspecified atom stereocenters. The van der Waals surface area contributed by atoms with Gasteiger partial charge in [0.1, 0.15) is 0 Å². The van der Waals surface area contributed by atoms with Crippen LogP contribution in [0, 0.1) is 5.92 Å². The molecule has 1 N–H and O–H groups in total. The summed E-state index contributed by atoms with van der Waals surface area (Å²) >= 11 is 1.82. The van der Waals surface area contributed by atoms with E-state index in [4.69, 9.17) is 0 Å². The maximum Gasteiger partial charge on any atom is 0.251 e. The maximum atomic E-state index is 12.1. The molecule has 1 aromatic carbocycles. The predicted molar refractivity (Wildman–Crippen MR) is 91.1 cm³/mol. The van der Waals surface area contributed by atoms with Crippen LogP contribution in [0.3, 0.4) is 0 Å². The third-order valence-corrected chi connectivity index (χ3v) is 5.01. The Morgan fingerprint density at radius 3 is 2.86 bits per heavy atom. The molecule has 0 radical (unpaired) electrons. The largest absolute Gasteiger partial charge is 0.352 e. The Morgan fingerprint density at radius 1 is 1.23 bits per heavy atom. The fourth-order valence-corrected chi connectivity index (χ4v) is 3.76. The lowest BCUT2D eigenvalue weighted by Gasteiger charge is -2.32. The summed E-state index contributed by atoms with van der Waals surface area (Å²) in [4.78, 5) is 16.0. The zero-order chi connectivity index (χ0) is 15.2. The van der Waals surface area contributed by atoms with Crippen LogP contribution in [0.5, 0.6) is 0 Å². The third-order valence-electron chi connectivity index (χ3n) is 4.15. The molecule has 1 aromatic heterocycles. The predicted octanol–water partition coefficient (Wildman–Crippen LogP) is 3.39. The number of hydrogen-bond acceptors (Lipinski definition) is 3. The highest BCUT2D eigenvalue weighted by Gasteiger charge is 2.20. The summed E-state index contributed by atoms with van der Waals surface area (Å²) in [5, 5.41) is 5.22. The molecule has 3 nitrogen and oxygen atoms in total. The van der Waals surface area contributed by atoms with E-state index in [-0.39, 0.29) is 5.91 Å². The van der Waals surface area contributed by atoms with Gasteiger partial charge in [-0.3, -0.25) is 9.69 Å². The van der Waals surface area contributed by atoms with Crippen molar-refractivity contribution in [1.29, 1.82) is 0 Å². The fourth-order valence-electron chi connectivity index (χ4n) is 3.01. The summed E-state index contributed by atoms with van der Waals surface area (Å²) < 4.78 is 0. The number of benzene rings is 1. The molecule has 1 aliphatic heterocycles. The van der Waals surface area contributed by atoms with Gasteiger partial charge in [-0.05, 0) is 48.9 Å². The van der Waals surface area contributed by atoms with Gasteiger partial charge in [-0.25, -0.2) is 0 Å². The van der Waals surface area contributed by atoms with E-state index < -0.39 is 0 Å². The number of piperidine rings is 1. The average Bonchev–Trinajstić information content (AvgIpc) is 3.07. The third kappa shape index (κ3) is 4.18. The Kier molecular flexibility index (Phi) is 5.24. The second kappa shape index (κ2) is 7.56. The second-order valence-electron chi connectivity index (χ2n) is 5.90. The van der Waals surface area contributed by atoms with Gasteiger partial charge < -0.3 is 5.32 Å². The number of rotatable bonds is 5. The van der Waals surface area contributed by atoms with Crippen molar-refractivity contribution in [3.05, 3.63) is 58.3 Å². The van der Waals surface area contributed by atoms with Gasteiger partial charge in [0, 0.05) is 30.1 Å². The van der Waals surface area contributed by atoms with Gasteiger partial charge >= 0.3 is 0 Å². The van der Waals surface area contributed by atoms with Crippen molar-refractivity contribution in [3.63, 3.8) is 0 Å². The van der Waals surface area contributed by atoms with Crippen LogP contribution in [0.15, 0.2) is 47.8 Å². The monoisotopic (exact) mass is 314 g/mol. The Labute approximate surface area is 136 Å². The van der Waals surface area contributed by atoms with Crippen LogP contribution in [-0.4, -0.2) is 30.4 Å². The number of amides is 1. The molecule has 0 saturated carbocycles. The molecule has 116 valence electrons. The van der Waals surface area contributed by atoms with Gasteiger partial charge in [-0.1, -0.05) is 24.3 Å². The molecular weight excluding hydrogens is 292 g/mol. The molecule has 1 atom stereocenters. The van der Waals surface area contributed by atoms with Gasteiger partial charge in [0.2, 0.25) is 0 Å². The van der Waals surface area contributed by atoms with Gasteiger partial charge in [0.25, 0.3) is 5.91 Å². The Balaban J connectivity index is 1.47. The Bertz CT molecular complexity index is 582. The summed E-state index contributed by atoms with van der Waals surface area (Å²) in [6, 6.07) is 13.8. The summed E-state index contributed by atoms with van der Waals surface area (Å²) in [6.07, 6.45) is 2.42. The average molecular weight is 314 g/mol. The standard InChI is InChI=1S/C18H22N2OS/c21-18(16-7-2-1-3-8-16)19-12-15-6-4-10-20(13-15)14-17-9-5-11-22-17/h1-3,5,7-9,11,15H,4,6,10,12-14H2,(H,19,21)/t15-/m0/s1. The van der Waals surface area contributed by atoms with Crippen LogP contribution in [0.4, 0.5) is 0 Å². The lowest BCUT2D eigenvalue weighted by molar-refractivity contribution is 0.0931. The molecule has 0 aliphatic carbocycles. The lowest BCUT2D eigenvalue weighted by Crippen LogP contribution is -2.40. The van der Waals surface area contributed by atoms with E-state index in [1.54, 1.807) is 0 Å². The van der Waals surface area contributed by atoms with Crippen LogP contribution in [0.1, 0.15) is 28.1 Å². The molecule has 1 amide bonds. The number of likely N-dealkylation sites (tertiary alicyclic amines) is 1. The van der Waals surface area contributed by atoms with Gasteiger partial charge in [0.15, 0.2) is 0 Å². The van der Waals surface area contributed by atoms with Crippen molar-refractivity contribution in [2.45, 2.75) is 19.4 Å². The summed E-state index contributed by atoms with van der Waals surface area (Å²) in [5.74, 6) is 0.595. The van der Waals surface area contributed by atoms with E-state index in [1.807, 2.05) is 41.7 Å². The molecule has 2 heterocycles. The minimum absolute atomic E-state index is 0.0379. The van der Waals surface area contributed by atoms with Crippen LogP contribution in [-0.2, 0) is 6.54 Å². The number of carbonyl (C=O) groups is 1. The first-order valence-corrected chi connectivity index (χ1v) is 8.77. The molecule has 3 rings (SSSR count). The topological polar surface area (TPSA) is 32.3 Å². The summed E-state index contributed by atoms with van der Waals surface area (Å²) in [5.41, 5.74) is 0.744. The van der Waals surface area contributed by atoms with Crippen molar-refractivity contribution in [3.8, 4) is 0 Å². The first-order chi connectivity index (χ1) is 10.8. The minimum Gasteiger partial charge on any atom is -0.352 e. The van der Waals surface area contributed by atoms with Gasteiger partial charge in [-0.2, -0.15) is 0 Å². The smallest absolute Gasteiger partial charge is 0.251 e. The highest BCUT2D eigenvalue weighted by molar-refractivity contribution is 7.09. The molecule has 1 fully saturated rings. The molecule has 1 aliphatic rings. The number of carbonyl (C=O) groups excluding carboxylic acids is 1. The van der Waals surface area contributed by atoms with Crippen molar-refractivity contribution in [2.24, 2.45) is 5.92 Å². The summed E-state index contributed by atoms with van der Waals surface area (Å²) in [6.45, 7) is 4.06. The van der Waals surface area contributed by atoms with Crippen molar-refractivity contribution in [2.75, 3.05) is 19.6 Å². The minimum atomic E-state index is 0.0379. The van der Waals surface area contributed by atoms with Crippen LogP contribution >= 0.6 is 11.3 Å². The Morgan fingerprint density at radius 2 is 2.09 bits per heavy atom. The number of nitrogens with zero attached hydrogens (tertiary/aromatic N) is 1. The van der Waals surface area contributed by atoms with E-state index in [2.05, 4.69) is 27.7 Å². The van der Waals surface area contributed by atoms with E-state index in [0.717, 1.165) is 25.2 Å². The second-order valence-corrected chi connectivity index (χ2v) is 6.93. The molecule has 2 aromatic rings. The van der Waals surface area contributed by atoms with E-state index in [1.165, 1.54) is 24.3 Å². The van der Waals surface area contributed by atoms with Crippen LogP contribution in [0.25, 0.3) is 0 Å². The Hall–Kier alpha value is -1.65. The van der Waals surface area contributed by atoms with Crippen molar-refractivity contribution in [1.82, 2.24) is 10.2 Å². The van der Waals surface area contributed by atoms with Gasteiger partial charge in [-0.15, -0.1) is 11.3 Å². The zero-order valence-corrected chi connectivity index (χ0v) is 13.5. The van der Waals surface area contributed by atoms with Crippen LogP contribution in [0.2, 0.25) is 0 Å². The number of thiophene rings is 1. The zero-order valence-electron chi connectivity index (χ0n) is 12.7.